The molecule has 7 heteroatoms. The second-order valence-electron chi connectivity index (χ2n) is 9.13. The van der Waals surface area contributed by atoms with Gasteiger partial charge in [-0.15, -0.1) is 0 Å². The van der Waals surface area contributed by atoms with Crippen molar-refractivity contribution in [2.24, 2.45) is 5.41 Å². The maximum absolute atomic E-state index is 12.8. The molecule has 7 nitrogen and oxygen atoms in total. The number of carbonyl (C=O) groups excluding carboxylic acids is 2. The number of carboxylic acid groups (broad SMARTS) is 1. The predicted octanol–water partition coefficient (Wildman–Crippen LogP) is 4.98. The molecule has 35 heavy (non-hydrogen) atoms. The van der Waals surface area contributed by atoms with Gasteiger partial charge in [0.1, 0.15) is 12.0 Å². The number of aliphatic carboxylic acids is 1. The first-order chi connectivity index (χ1) is 16.9. The van der Waals surface area contributed by atoms with Gasteiger partial charge in [0, 0.05) is 30.3 Å². The fourth-order valence-corrected chi connectivity index (χ4v) is 5.00. The van der Waals surface area contributed by atoms with Crippen LogP contribution in [0.15, 0.2) is 72.8 Å². The zero-order valence-electron chi connectivity index (χ0n) is 19.4. The van der Waals surface area contributed by atoms with Gasteiger partial charge < -0.3 is 14.7 Å². The molecule has 0 unspecified atom stereocenters. The Balaban J connectivity index is 1.22. The number of amides is 2. The van der Waals surface area contributed by atoms with Gasteiger partial charge in [0.15, 0.2) is 0 Å². The number of nitrogens with one attached hydrogen (secondary N) is 1. The molecule has 3 aromatic carbocycles. The number of hydrogen-bond acceptors (Lipinski definition) is 4. The van der Waals surface area contributed by atoms with E-state index in [0.29, 0.717) is 17.7 Å². The lowest BCUT2D eigenvalue weighted by Crippen LogP contribution is -2.61. The zero-order valence-corrected chi connectivity index (χ0v) is 19.4. The lowest BCUT2D eigenvalue weighted by Gasteiger charge is -2.46. The molecule has 3 aromatic rings. The topological polar surface area (TPSA) is 95.9 Å². The Hall–Kier alpha value is -4.13. The number of rotatable bonds is 6. The Morgan fingerprint density at radius 1 is 0.971 bits per heavy atom. The summed E-state index contributed by atoms with van der Waals surface area (Å²) in [5.41, 5.74) is 4.53. The van der Waals surface area contributed by atoms with E-state index in [1.807, 2.05) is 31.2 Å². The van der Waals surface area contributed by atoms with Crippen molar-refractivity contribution in [3.05, 3.63) is 89.5 Å². The largest absolute Gasteiger partial charge is 0.481 e. The number of ether oxygens (including phenoxy) is 1. The van der Waals surface area contributed by atoms with Crippen molar-refractivity contribution in [1.29, 1.82) is 0 Å². The summed E-state index contributed by atoms with van der Waals surface area (Å²) in [6.07, 6.45) is -0.133. The van der Waals surface area contributed by atoms with Crippen LogP contribution in [0.4, 0.5) is 10.5 Å². The van der Waals surface area contributed by atoms with Crippen LogP contribution in [0.1, 0.15) is 40.7 Å². The third kappa shape index (κ3) is 4.03. The molecule has 1 aliphatic carbocycles. The van der Waals surface area contributed by atoms with Gasteiger partial charge in [-0.1, -0.05) is 61.5 Å². The van der Waals surface area contributed by atoms with Crippen molar-refractivity contribution >= 4 is 23.7 Å². The number of nitrogens with zero attached hydrogens (tertiary/aromatic N) is 1. The Bertz CT molecular complexity index is 1270. The van der Waals surface area contributed by atoms with Crippen LogP contribution >= 0.6 is 0 Å². The van der Waals surface area contributed by atoms with E-state index in [-0.39, 0.29) is 31.5 Å². The molecule has 0 saturated carbocycles. The number of benzene rings is 3. The third-order valence-electron chi connectivity index (χ3n) is 7.10. The van der Waals surface area contributed by atoms with Crippen LogP contribution in [0.3, 0.4) is 0 Å². The summed E-state index contributed by atoms with van der Waals surface area (Å²) in [6, 6.07) is 22.8. The minimum Gasteiger partial charge on any atom is -0.481 e. The average Bonchev–Trinajstić information content (AvgIpc) is 3.16. The third-order valence-corrected chi connectivity index (χ3v) is 7.10. The maximum Gasteiger partial charge on any atom is 0.411 e. The van der Waals surface area contributed by atoms with E-state index in [4.69, 9.17) is 4.74 Å². The molecule has 1 saturated heterocycles. The number of carboxylic acids is 1. The smallest absolute Gasteiger partial charge is 0.411 e. The maximum atomic E-state index is 12.8. The highest BCUT2D eigenvalue weighted by atomic mass is 16.5. The monoisotopic (exact) mass is 470 g/mol. The first-order valence-corrected chi connectivity index (χ1v) is 11.7. The average molecular weight is 471 g/mol. The van der Waals surface area contributed by atoms with Crippen LogP contribution in [-0.4, -0.2) is 47.7 Å². The summed E-state index contributed by atoms with van der Waals surface area (Å²) < 4.78 is 5.58. The van der Waals surface area contributed by atoms with Crippen molar-refractivity contribution in [2.45, 2.75) is 19.3 Å². The van der Waals surface area contributed by atoms with Gasteiger partial charge in [0.25, 0.3) is 5.91 Å². The van der Waals surface area contributed by atoms with Gasteiger partial charge >= 0.3 is 12.1 Å². The molecule has 0 bridgehead atoms. The molecule has 2 N–H and O–H groups in total. The highest BCUT2D eigenvalue weighted by molar-refractivity contribution is 5.98. The van der Waals surface area contributed by atoms with Crippen molar-refractivity contribution in [3.63, 3.8) is 0 Å². The molecule has 2 amide bonds. The standard InChI is InChI=1S/C28H26N2O5/c1-2-28(26(32)33)16-30(17-28)25(31)18-8-7-9-19(14-18)29-27(34)35-15-24-22-12-5-3-10-20(22)21-11-4-6-13-23(21)24/h3-14,24H,2,15-17H2,1H3,(H,29,34)(H,32,33). The van der Waals surface area contributed by atoms with Crippen LogP contribution in [0.25, 0.3) is 11.1 Å². The van der Waals surface area contributed by atoms with Crippen LogP contribution in [0, 0.1) is 5.41 Å². The van der Waals surface area contributed by atoms with Crippen LogP contribution in [0.2, 0.25) is 0 Å². The summed E-state index contributed by atoms with van der Waals surface area (Å²) in [6.45, 7) is 2.37. The SMILES string of the molecule is CCC1(C(=O)O)CN(C(=O)c2cccc(NC(=O)OCC3c4ccccc4-c4ccccc43)c2)C1. The van der Waals surface area contributed by atoms with Gasteiger partial charge in [-0.05, 0) is 46.9 Å². The highest BCUT2D eigenvalue weighted by Crippen LogP contribution is 2.44. The van der Waals surface area contributed by atoms with Gasteiger partial charge in [-0.25, -0.2) is 4.79 Å². The Labute approximate surface area is 203 Å². The van der Waals surface area contributed by atoms with Gasteiger partial charge in [-0.3, -0.25) is 14.9 Å². The Morgan fingerprint density at radius 2 is 1.60 bits per heavy atom. The quantitative estimate of drug-likeness (QED) is 0.530. The van der Waals surface area contributed by atoms with E-state index in [1.54, 1.807) is 24.3 Å². The van der Waals surface area contributed by atoms with Crippen LogP contribution in [0.5, 0.6) is 0 Å². The van der Waals surface area contributed by atoms with Gasteiger partial charge in [-0.2, -0.15) is 0 Å². The van der Waals surface area contributed by atoms with E-state index in [0.717, 1.165) is 22.3 Å². The molecule has 2 aliphatic rings. The second kappa shape index (κ2) is 8.91. The summed E-state index contributed by atoms with van der Waals surface area (Å²) >= 11 is 0. The first kappa shape index (κ1) is 22.7. The molecule has 0 radical (unpaired) electrons. The molecule has 5 rings (SSSR count). The zero-order chi connectivity index (χ0) is 24.6. The normalized spacial score (nSPS) is 15.5. The van der Waals surface area contributed by atoms with E-state index in [1.165, 1.54) is 4.90 Å². The minimum atomic E-state index is -0.880. The molecular formula is C28H26N2O5. The van der Waals surface area contributed by atoms with E-state index < -0.39 is 17.5 Å². The van der Waals surface area contributed by atoms with Crippen LogP contribution < -0.4 is 5.32 Å². The van der Waals surface area contributed by atoms with Crippen molar-refractivity contribution in [1.82, 2.24) is 4.90 Å². The number of hydrogen-bond donors (Lipinski definition) is 2. The van der Waals surface area contributed by atoms with E-state index in [2.05, 4.69) is 29.6 Å². The number of likely N-dealkylation sites (tertiary alicyclic amines) is 1. The fraction of sp³-hybridized carbons (Fsp3) is 0.250. The number of fused-ring (bicyclic) bond motifs is 3. The molecule has 1 fully saturated rings. The minimum absolute atomic E-state index is 0.0412. The molecule has 0 aromatic heterocycles. The summed E-state index contributed by atoms with van der Waals surface area (Å²) in [4.78, 5) is 38.4. The lowest BCUT2D eigenvalue weighted by atomic mass is 9.77. The highest BCUT2D eigenvalue weighted by Gasteiger charge is 2.50. The summed E-state index contributed by atoms with van der Waals surface area (Å²) in [5, 5.41) is 12.1. The molecule has 1 aliphatic heterocycles. The Morgan fingerprint density at radius 3 is 2.20 bits per heavy atom. The summed E-state index contributed by atoms with van der Waals surface area (Å²) in [5.74, 6) is -1.18. The van der Waals surface area contributed by atoms with E-state index >= 15 is 0 Å². The molecule has 1 heterocycles. The molecule has 0 spiro atoms. The molecular weight excluding hydrogens is 444 g/mol. The molecule has 0 atom stereocenters. The molecule has 178 valence electrons. The first-order valence-electron chi connectivity index (χ1n) is 11.7. The number of anilines is 1. The van der Waals surface area contributed by atoms with Crippen molar-refractivity contribution < 1.29 is 24.2 Å². The Kier molecular flexibility index (Phi) is 5.76. The second-order valence-corrected chi connectivity index (χ2v) is 9.13. The van der Waals surface area contributed by atoms with Crippen molar-refractivity contribution in [3.8, 4) is 11.1 Å². The predicted molar refractivity (Wildman–Crippen MR) is 131 cm³/mol. The van der Waals surface area contributed by atoms with Crippen LogP contribution in [-0.2, 0) is 9.53 Å². The van der Waals surface area contributed by atoms with Crippen molar-refractivity contribution in [2.75, 3.05) is 25.0 Å². The number of carbonyl (C=O) groups is 3. The lowest BCUT2D eigenvalue weighted by molar-refractivity contribution is -0.158. The van der Waals surface area contributed by atoms with Gasteiger partial charge in [0.2, 0.25) is 0 Å². The van der Waals surface area contributed by atoms with E-state index in [9.17, 15) is 19.5 Å². The summed E-state index contributed by atoms with van der Waals surface area (Å²) in [7, 11) is 0. The van der Waals surface area contributed by atoms with Gasteiger partial charge in [0.05, 0.1) is 0 Å². The fourth-order valence-electron chi connectivity index (χ4n) is 5.00.